The number of nitrogens with zero attached hydrogens (tertiary/aromatic N) is 4. The van der Waals surface area contributed by atoms with Crippen LogP contribution >= 0.6 is 0 Å². The number of fused-ring (bicyclic) bond motifs is 3. The van der Waals surface area contributed by atoms with E-state index in [0.717, 1.165) is 22.3 Å². The zero-order chi connectivity index (χ0) is 23.7. The quantitative estimate of drug-likeness (QED) is 0.427. The molecule has 1 N–H and O–H groups in total. The molecule has 0 aliphatic carbocycles. The second-order valence-corrected chi connectivity index (χ2v) is 8.44. The van der Waals surface area contributed by atoms with Gasteiger partial charge in [0.25, 0.3) is 11.5 Å². The number of hydrogen-bond acceptors (Lipinski definition) is 4. The Bertz CT molecular complexity index is 1550. The zero-order valence-corrected chi connectivity index (χ0v) is 19.1. The molecule has 7 nitrogen and oxygen atoms in total. The first-order valence-corrected chi connectivity index (χ1v) is 11.1. The Labute approximate surface area is 196 Å². The topological polar surface area (TPSA) is 71.6 Å². The molecule has 34 heavy (non-hydrogen) atoms. The summed E-state index contributed by atoms with van der Waals surface area (Å²) in [6.45, 7) is 0.761. The lowest BCUT2D eigenvalue weighted by molar-refractivity contribution is 0.0951. The zero-order valence-electron chi connectivity index (χ0n) is 19.1. The van der Waals surface area contributed by atoms with Crippen molar-refractivity contribution in [3.05, 3.63) is 112 Å². The number of nitrogens with one attached hydrogen (secondary N) is 1. The van der Waals surface area contributed by atoms with Crippen LogP contribution in [0.5, 0.6) is 0 Å². The van der Waals surface area contributed by atoms with Crippen LogP contribution in [-0.2, 0) is 13.1 Å². The molecule has 0 saturated carbocycles. The first-order chi connectivity index (χ1) is 16.5. The molecule has 3 aromatic heterocycles. The summed E-state index contributed by atoms with van der Waals surface area (Å²) in [6.07, 6.45) is 3.55. The molecule has 3 heterocycles. The van der Waals surface area contributed by atoms with Crippen LogP contribution < -0.4 is 15.8 Å². The van der Waals surface area contributed by atoms with Crippen molar-refractivity contribution in [2.45, 2.75) is 13.1 Å². The lowest BCUT2D eigenvalue weighted by atomic mass is 10.1. The van der Waals surface area contributed by atoms with Crippen LogP contribution in [0.1, 0.15) is 21.5 Å². The molecule has 0 aliphatic rings. The molecule has 5 rings (SSSR count). The number of carbonyl (C=O) groups excluding carboxylic acids is 1. The van der Waals surface area contributed by atoms with Gasteiger partial charge in [-0.1, -0.05) is 24.3 Å². The van der Waals surface area contributed by atoms with Gasteiger partial charge in [0, 0.05) is 44.3 Å². The van der Waals surface area contributed by atoms with E-state index in [2.05, 4.69) is 10.3 Å². The molecule has 1 amide bonds. The first kappa shape index (κ1) is 21.5. The van der Waals surface area contributed by atoms with Crippen LogP contribution in [0.15, 0.2) is 90.0 Å². The lowest BCUT2D eigenvalue weighted by Gasteiger charge is -2.13. The summed E-state index contributed by atoms with van der Waals surface area (Å²) >= 11 is 0. The monoisotopic (exact) mass is 451 g/mol. The fourth-order valence-corrected chi connectivity index (χ4v) is 4.12. The number of rotatable bonds is 6. The van der Waals surface area contributed by atoms with Gasteiger partial charge in [-0.2, -0.15) is 0 Å². The SMILES string of the molecule is CN(C)c1ccc(CNC(=O)c2cccc(Cn3c(=O)c4cccn4c4cccnc43)c2)cc1. The Morgan fingerprint density at radius 3 is 2.53 bits per heavy atom. The van der Waals surface area contributed by atoms with Crippen LogP contribution in [0.2, 0.25) is 0 Å². The highest BCUT2D eigenvalue weighted by molar-refractivity contribution is 5.94. The van der Waals surface area contributed by atoms with Crippen molar-refractivity contribution in [1.29, 1.82) is 0 Å². The molecule has 2 aromatic carbocycles. The molecule has 0 spiro atoms. The average Bonchev–Trinajstić information content (AvgIpc) is 3.36. The minimum atomic E-state index is -0.157. The highest BCUT2D eigenvalue weighted by atomic mass is 16.1. The number of amides is 1. The largest absolute Gasteiger partial charge is 0.378 e. The first-order valence-electron chi connectivity index (χ1n) is 11.1. The summed E-state index contributed by atoms with van der Waals surface area (Å²) in [4.78, 5) is 32.5. The Hall–Kier alpha value is -4.39. The standard InChI is InChI=1S/C27H25N5O2/c1-30(2)22-12-10-19(11-13-22)17-29-26(33)21-7-3-6-20(16-21)18-32-25-23(8-4-14-28-25)31-15-5-9-24(31)27(32)34/h3-16H,17-18H2,1-2H3,(H,29,33). The van der Waals surface area contributed by atoms with Gasteiger partial charge in [0.1, 0.15) is 5.52 Å². The van der Waals surface area contributed by atoms with Crippen molar-refractivity contribution in [2.75, 3.05) is 19.0 Å². The molecule has 0 bridgehead atoms. The van der Waals surface area contributed by atoms with Crippen molar-refractivity contribution < 1.29 is 4.79 Å². The Balaban J connectivity index is 1.38. The van der Waals surface area contributed by atoms with E-state index in [1.54, 1.807) is 22.9 Å². The minimum Gasteiger partial charge on any atom is -0.378 e. The van der Waals surface area contributed by atoms with Gasteiger partial charge < -0.3 is 14.6 Å². The van der Waals surface area contributed by atoms with Crippen molar-refractivity contribution in [3.63, 3.8) is 0 Å². The minimum absolute atomic E-state index is 0.118. The normalized spacial score (nSPS) is 11.1. The molecule has 5 aromatic rings. The second kappa shape index (κ2) is 8.86. The Kier molecular flexibility index (Phi) is 5.59. The number of aromatic nitrogens is 3. The van der Waals surface area contributed by atoms with Crippen LogP contribution in [-0.4, -0.2) is 34.0 Å². The predicted octanol–water partition coefficient (Wildman–Crippen LogP) is 3.69. The van der Waals surface area contributed by atoms with Crippen molar-refractivity contribution >= 4 is 28.3 Å². The molecule has 0 fully saturated rings. The van der Waals surface area contributed by atoms with E-state index >= 15 is 0 Å². The van der Waals surface area contributed by atoms with Gasteiger partial charge in [0.05, 0.1) is 12.1 Å². The maximum absolute atomic E-state index is 13.2. The van der Waals surface area contributed by atoms with Crippen molar-refractivity contribution in [1.82, 2.24) is 19.3 Å². The van der Waals surface area contributed by atoms with E-state index in [1.165, 1.54) is 0 Å². The van der Waals surface area contributed by atoms with Gasteiger partial charge in [0.15, 0.2) is 5.65 Å². The predicted molar refractivity (Wildman–Crippen MR) is 134 cm³/mol. The van der Waals surface area contributed by atoms with Gasteiger partial charge in [-0.25, -0.2) is 4.98 Å². The van der Waals surface area contributed by atoms with Crippen LogP contribution in [0.4, 0.5) is 5.69 Å². The van der Waals surface area contributed by atoms with Gasteiger partial charge >= 0.3 is 0 Å². The summed E-state index contributed by atoms with van der Waals surface area (Å²) < 4.78 is 3.52. The van der Waals surface area contributed by atoms with E-state index in [1.807, 2.05) is 90.3 Å². The van der Waals surface area contributed by atoms with Crippen LogP contribution in [0.3, 0.4) is 0 Å². The number of anilines is 1. The number of hydrogen-bond donors (Lipinski definition) is 1. The fraction of sp³-hybridized carbons (Fsp3) is 0.148. The molecule has 0 unspecified atom stereocenters. The van der Waals surface area contributed by atoms with Gasteiger partial charge in [-0.05, 0) is 59.7 Å². The number of carbonyl (C=O) groups is 1. The van der Waals surface area contributed by atoms with E-state index in [0.29, 0.717) is 29.8 Å². The summed E-state index contributed by atoms with van der Waals surface area (Å²) in [5, 5.41) is 2.98. The van der Waals surface area contributed by atoms with Gasteiger partial charge in [-0.3, -0.25) is 14.2 Å². The van der Waals surface area contributed by atoms with E-state index in [9.17, 15) is 9.59 Å². The highest BCUT2D eigenvalue weighted by Crippen LogP contribution is 2.16. The molecule has 0 radical (unpaired) electrons. The summed E-state index contributed by atoms with van der Waals surface area (Å²) in [5.41, 5.74) is 5.48. The summed E-state index contributed by atoms with van der Waals surface area (Å²) in [6, 6.07) is 22.9. The maximum Gasteiger partial charge on any atom is 0.276 e. The molecular formula is C27H25N5O2. The second-order valence-electron chi connectivity index (χ2n) is 8.44. The molecule has 7 heteroatoms. The molecular weight excluding hydrogens is 426 g/mol. The van der Waals surface area contributed by atoms with Gasteiger partial charge in [0.2, 0.25) is 0 Å². The number of pyridine rings is 1. The smallest absolute Gasteiger partial charge is 0.276 e. The van der Waals surface area contributed by atoms with Crippen molar-refractivity contribution in [3.8, 4) is 0 Å². The third-order valence-electron chi connectivity index (χ3n) is 5.93. The Morgan fingerprint density at radius 1 is 0.941 bits per heavy atom. The summed E-state index contributed by atoms with van der Waals surface area (Å²) in [5.74, 6) is -0.157. The summed E-state index contributed by atoms with van der Waals surface area (Å²) in [7, 11) is 3.99. The molecule has 0 saturated heterocycles. The van der Waals surface area contributed by atoms with E-state index < -0.39 is 0 Å². The van der Waals surface area contributed by atoms with Crippen molar-refractivity contribution in [2.24, 2.45) is 0 Å². The average molecular weight is 452 g/mol. The third-order valence-corrected chi connectivity index (χ3v) is 5.93. The van der Waals surface area contributed by atoms with Crippen LogP contribution in [0, 0.1) is 0 Å². The maximum atomic E-state index is 13.2. The number of benzene rings is 2. The highest BCUT2D eigenvalue weighted by Gasteiger charge is 2.13. The molecule has 0 atom stereocenters. The Morgan fingerprint density at radius 2 is 1.74 bits per heavy atom. The molecule has 0 aliphatic heterocycles. The van der Waals surface area contributed by atoms with Crippen LogP contribution in [0.25, 0.3) is 16.7 Å². The molecule has 170 valence electrons. The van der Waals surface area contributed by atoms with E-state index in [4.69, 9.17) is 0 Å². The fourth-order valence-electron chi connectivity index (χ4n) is 4.12. The third kappa shape index (κ3) is 4.03. The van der Waals surface area contributed by atoms with Gasteiger partial charge in [-0.15, -0.1) is 0 Å². The van der Waals surface area contributed by atoms with E-state index in [-0.39, 0.29) is 11.5 Å². The lowest BCUT2D eigenvalue weighted by Crippen LogP contribution is -2.25.